The molecular formula is C26H29ClN6O5S. The Morgan fingerprint density at radius 1 is 1.08 bits per heavy atom. The summed E-state index contributed by atoms with van der Waals surface area (Å²) in [5.74, 6) is 0.306. The Morgan fingerprint density at radius 3 is 2.44 bits per heavy atom. The fraction of sp³-hybridized carbons (Fsp3) is 0.385. The number of amides is 2. The maximum absolute atomic E-state index is 13.2. The second-order valence-corrected chi connectivity index (χ2v) is 10.2. The van der Waals surface area contributed by atoms with E-state index in [1.165, 1.54) is 25.4 Å². The average Bonchev–Trinajstić information content (AvgIpc) is 3.41. The van der Waals surface area contributed by atoms with Gasteiger partial charge in [0.1, 0.15) is 16.9 Å². The average molecular weight is 573 g/mol. The number of esters is 1. The standard InChI is InChI=1S/C26H29ClN6O5S/c1-14-21-22(17-5-7-18(27)8-6-17)30-19(13-20(35)37-4)24-32-31-15(2)33(24)26(21)39-23(14)25(36)29-10-12-38-11-9-28-16(3)34/h5-8,19H,9-13H2,1-4H3,(H,28,34)(H,29,36)/t19-/m0/s1. The van der Waals surface area contributed by atoms with E-state index in [0.717, 1.165) is 21.7 Å². The lowest BCUT2D eigenvalue weighted by molar-refractivity contribution is -0.141. The van der Waals surface area contributed by atoms with Gasteiger partial charge in [-0.1, -0.05) is 23.7 Å². The fourth-order valence-electron chi connectivity index (χ4n) is 4.20. The van der Waals surface area contributed by atoms with Crippen molar-refractivity contribution in [1.82, 2.24) is 25.4 Å². The Bertz CT molecular complexity index is 1410. The molecule has 0 saturated heterocycles. The number of ether oxygens (including phenoxy) is 2. The molecule has 13 heteroatoms. The summed E-state index contributed by atoms with van der Waals surface area (Å²) in [4.78, 5) is 42.0. The molecule has 1 aliphatic rings. The molecule has 1 atom stereocenters. The van der Waals surface area contributed by atoms with Crippen LogP contribution in [0.25, 0.3) is 5.00 Å². The van der Waals surface area contributed by atoms with Crippen LogP contribution in [0.2, 0.25) is 5.02 Å². The van der Waals surface area contributed by atoms with Gasteiger partial charge in [0.15, 0.2) is 5.82 Å². The Morgan fingerprint density at radius 2 is 1.77 bits per heavy atom. The molecule has 39 heavy (non-hydrogen) atoms. The van der Waals surface area contributed by atoms with E-state index >= 15 is 0 Å². The lowest BCUT2D eigenvalue weighted by Gasteiger charge is -2.12. The molecule has 0 fully saturated rings. The van der Waals surface area contributed by atoms with Gasteiger partial charge in [-0.15, -0.1) is 21.5 Å². The SMILES string of the molecule is COC(=O)C[C@@H]1N=C(c2ccc(Cl)cc2)c2c(sc(C(=O)NCCOCCNC(C)=O)c2C)-n2c(C)nnc21. The summed E-state index contributed by atoms with van der Waals surface area (Å²) in [6.45, 7) is 6.50. The minimum atomic E-state index is -0.643. The van der Waals surface area contributed by atoms with Crippen molar-refractivity contribution in [1.29, 1.82) is 0 Å². The molecule has 206 valence electrons. The number of halogens is 1. The highest BCUT2D eigenvalue weighted by Crippen LogP contribution is 2.40. The molecule has 0 bridgehead atoms. The van der Waals surface area contributed by atoms with Crippen LogP contribution < -0.4 is 10.6 Å². The number of aliphatic imine (C=N–C) groups is 1. The van der Waals surface area contributed by atoms with Crippen LogP contribution in [0.1, 0.15) is 57.4 Å². The Labute approximate surface area is 234 Å². The summed E-state index contributed by atoms with van der Waals surface area (Å²) in [6, 6.07) is 6.61. The van der Waals surface area contributed by atoms with Gasteiger partial charge in [-0.05, 0) is 31.5 Å². The van der Waals surface area contributed by atoms with Crippen LogP contribution in [0, 0.1) is 13.8 Å². The van der Waals surface area contributed by atoms with Crippen molar-refractivity contribution in [3.05, 3.63) is 62.5 Å². The monoisotopic (exact) mass is 572 g/mol. The number of aryl methyl sites for hydroxylation is 1. The number of carbonyl (C=O) groups excluding carboxylic acids is 3. The summed E-state index contributed by atoms with van der Waals surface area (Å²) in [6.07, 6.45) is -0.0189. The highest BCUT2D eigenvalue weighted by molar-refractivity contribution is 7.17. The van der Waals surface area contributed by atoms with Crippen molar-refractivity contribution >= 4 is 46.4 Å². The van der Waals surface area contributed by atoms with E-state index in [4.69, 9.17) is 26.1 Å². The second kappa shape index (κ2) is 12.5. The third kappa shape index (κ3) is 6.35. The molecule has 2 N–H and O–H groups in total. The second-order valence-electron chi connectivity index (χ2n) is 8.81. The van der Waals surface area contributed by atoms with E-state index in [1.807, 2.05) is 30.5 Å². The largest absolute Gasteiger partial charge is 0.469 e. The van der Waals surface area contributed by atoms with Crippen LogP contribution in [0.3, 0.4) is 0 Å². The van der Waals surface area contributed by atoms with Gasteiger partial charge in [0.05, 0.1) is 37.3 Å². The number of nitrogens with zero attached hydrogens (tertiary/aromatic N) is 4. The van der Waals surface area contributed by atoms with Gasteiger partial charge in [-0.3, -0.25) is 23.9 Å². The van der Waals surface area contributed by atoms with Crippen molar-refractivity contribution in [2.24, 2.45) is 4.99 Å². The topological polar surface area (TPSA) is 137 Å². The number of hydrogen-bond donors (Lipinski definition) is 2. The number of carbonyl (C=O) groups is 3. The lowest BCUT2D eigenvalue weighted by atomic mass is 9.99. The van der Waals surface area contributed by atoms with E-state index in [1.54, 1.807) is 12.1 Å². The molecular weight excluding hydrogens is 544 g/mol. The van der Waals surface area contributed by atoms with Crippen molar-refractivity contribution in [2.45, 2.75) is 33.2 Å². The van der Waals surface area contributed by atoms with Crippen molar-refractivity contribution in [3.63, 3.8) is 0 Å². The highest BCUT2D eigenvalue weighted by atomic mass is 35.5. The van der Waals surface area contributed by atoms with Crippen molar-refractivity contribution in [3.8, 4) is 5.00 Å². The van der Waals surface area contributed by atoms with Gasteiger partial charge in [-0.25, -0.2) is 0 Å². The maximum atomic E-state index is 13.2. The molecule has 3 aromatic rings. The molecule has 11 nitrogen and oxygen atoms in total. The third-order valence-corrected chi connectivity index (χ3v) is 7.59. The van der Waals surface area contributed by atoms with Crippen LogP contribution in [-0.4, -0.2) is 71.7 Å². The summed E-state index contributed by atoms with van der Waals surface area (Å²) in [5.41, 5.74) is 2.91. The van der Waals surface area contributed by atoms with Crippen LogP contribution in [0.5, 0.6) is 0 Å². The first-order valence-electron chi connectivity index (χ1n) is 12.3. The minimum Gasteiger partial charge on any atom is -0.469 e. The number of benzene rings is 1. The Hall–Kier alpha value is -3.61. The van der Waals surface area contributed by atoms with E-state index in [2.05, 4.69) is 20.8 Å². The molecule has 4 rings (SSSR count). The minimum absolute atomic E-state index is 0.0189. The molecule has 1 aliphatic heterocycles. The predicted molar refractivity (Wildman–Crippen MR) is 147 cm³/mol. The molecule has 0 unspecified atom stereocenters. The van der Waals surface area contributed by atoms with Gasteiger partial charge < -0.3 is 20.1 Å². The lowest BCUT2D eigenvalue weighted by Crippen LogP contribution is -2.29. The normalized spacial score (nSPS) is 14.1. The van der Waals surface area contributed by atoms with Gasteiger partial charge in [0.2, 0.25) is 5.91 Å². The molecule has 0 radical (unpaired) electrons. The van der Waals surface area contributed by atoms with E-state index in [-0.39, 0.29) is 18.2 Å². The predicted octanol–water partition coefficient (Wildman–Crippen LogP) is 2.94. The molecule has 0 saturated carbocycles. The summed E-state index contributed by atoms with van der Waals surface area (Å²) in [7, 11) is 1.33. The number of thiophene rings is 1. The smallest absolute Gasteiger partial charge is 0.308 e. The molecule has 1 aromatic carbocycles. The first-order chi connectivity index (χ1) is 18.7. The molecule has 0 spiro atoms. The number of nitrogens with one attached hydrogen (secondary N) is 2. The van der Waals surface area contributed by atoms with Gasteiger partial charge in [-0.2, -0.15) is 0 Å². The van der Waals surface area contributed by atoms with Crippen molar-refractivity contribution < 1.29 is 23.9 Å². The van der Waals surface area contributed by atoms with Crippen LogP contribution in [0.15, 0.2) is 29.3 Å². The Kier molecular flexibility index (Phi) is 9.10. The molecule has 2 aromatic heterocycles. The zero-order valence-corrected chi connectivity index (χ0v) is 23.6. The van der Waals surface area contributed by atoms with E-state index in [9.17, 15) is 14.4 Å². The number of aromatic nitrogens is 3. The quantitative estimate of drug-likeness (QED) is 0.281. The zero-order valence-electron chi connectivity index (χ0n) is 22.0. The van der Waals surface area contributed by atoms with Gasteiger partial charge in [0, 0.05) is 36.2 Å². The Balaban J connectivity index is 1.69. The molecule has 0 aliphatic carbocycles. The summed E-state index contributed by atoms with van der Waals surface area (Å²) < 4.78 is 12.3. The van der Waals surface area contributed by atoms with Crippen LogP contribution >= 0.6 is 22.9 Å². The zero-order chi connectivity index (χ0) is 28.1. The van der Waals surface area contributed by atoms with E-state index < -0.39 is 12.0 Å². The van der Waals surface area contributed by atoms with Crippen molar-refractivity contribution in [2.75, 3.05) is 33.4 Å². The fourth-order valence-corrected chi connectivity index (χ4v) is 5.61. The molecule has 3 heterocycles. The number of fused-ring (bicyclic) bond motifs is 3. The number of methoxy groups -OCH3 is 1. The number of hydrogen-bond acceptors (Lipinski definition) is 9. The maximum Gasteiger partial charge on any atom is 0.308 e. The van der Waals surface area contributed by atoms with Crippen LogP contribution in [-0.2, 0) is 19.1 Å². The van der Waals surface area contributed by atoms with Gasteiger partial charge >= 0.3 is 5.97 Å². The first kappa shape index (κ1) is 28.4. The highest BCUT2D eigenvalue weighted by Gasteiger charge is 2.34. The molecule has 2 amide bonds. The van der Waals surface area contributed by atoms with Crippen LogP contribution in [0.4, 0.5) is 0 Å². The third-order valence-electron chi connectivity index (χ3n) is 6.06. The van der Waals surface area contributed by atoms with Gasteiger partial charge in [0.25, 0.3) is 5.91 Å². The van der Waals surface area contributed by atoms with E-state index in [0.29, 0.717) is 53.6 Å². The first-order valence-corrected chi connectivity index (χ1v) is 13.5. The number of rotatable bonds is 10. The summed E-state index contributed by atoms with van der Waals surface area (Å²) in [5, 5.41) is 15.5. The summed E-state index contributed by atoms with van der Waals surface area (Å²) >= 11 is 7.46.